The molecule has 0 aromatic rings. The fourth-order valence-corrected chi connectivity index (χ4v) is 2.76. The molecule has 2 N–H and O–H groups in total. The lowest BCUT2D eigenvalue weighted by atomic mass is 9.86. The van der Waals surface area contributed by atoms with Crippen molar-refractivity contribution >= 4 is 0 Å². The smallest absolute Gasteiger partial charge is 0.0431 e. The van der Waals surface area contributed by atoms with Crippen molar-refractivity contribution < 1.29 is 5.11 Å². The van der Waals surface area contributed by atoms with Crippen LogP contribution in [0.1, 0.15) is 53.4 Å². The third kappa shape index (κ3) is 7.06. The molecular formula is C18H33NO. The van der Waals surface area contributed by atoms with E-state index in [4.69, 9.17) is 5.11 Å². The van der Waals surface area contributed by atoms with Gasteiger partial charge in [0, 0.05) is 12.1 Å². The standard InChI is InChI=1S/C16H27NO.C2H6/c1-4-6-8-14(5-2)11-16(3)12-15(13-17-16)9-7-10-18;1-2/h4-6,8,15,17-18H,2,7,9-13H2,1,3H3;1-2H3/b6-4-,14-8+;. The van der Waals surface area contributed by atoms with Crippen LogP contribution >= 0.6 is 0 Å². The van der Waals surface area contributed by atoms with E-state index in [-0.39, 0.29) is 5.54 Å². The first kappa shape index (κ1) is 19.1. The highest BCUT2D eigenvalue weighted by Gasteiger charge is 2.34. The molecule has 116 valence electrons. The fraction of sp³-hybridized carbons (Fsp3) is 0.667. The molecule has 1 aliphatic heterocycles. The summed E-state index contributed by atoms with van der Waals surface area (Å²) in [6.45, 7) is 13.6. The Kier molecular flexibility index (Phi) is 10.4. The van der Waals surface area contributed by atoms with E-state index in [1.165, 1.54) is 12.0 Å². The van der Waals surface area contributed by atoms with E-state index in [9.17, 15) is 0 Å². The van der Waals surface area contributed by atoms with Gasteiger partial charge in [0.05, 0.1) is 0 Å². The number of allylic oxidation sites excluding steroid dienone is 4. The van der Waals surface area contributed by atoms with Crippen LogP contribution in [0.25, 0.3) is 0 Å². The minimum absolute atomic E-state index is 0.182. The molecule has 2 unspecified atom stereocenters. The Balaban J connectivity index is 0.00000172. The molecule has 20 heavy (non-hydrogen) atoms. The second kappa shape index (κ2) is 10.9. The molecule has 0 saturated carbocycles. The first-order chi connectivity index (χ1) is 9.63. The topological polar surface area (TPSA) is 32.3 Å². The van der Waals surface area contributed by atoms with Crippen LogP contribution in [-0.4, -0.2) is 23.8 Å². The number of hydrogen-bond acceptors (Lipinski definition) is 2. The lowest BCUT2D eigenvalue weighted by molar-refractivity contribution is 0.271. The van der Waals surface area contributed by atoms with Crippen LogP contribution in [-0.2, 0) is 0 Å². The normalized spacial score (nSPS) is 26.4. The molecule has 0 amide bonds. The van der Waals surface area contributed by atoms with E-state index in [2.05, 4.69) is 31.0 Å². The first-order valence-corrected chi connectivity index (χ1v) is 7.93. The van der Waals surface area contributed by atoms with Crippen LogP contribution in [0.4, 0.5) is 0 Å². The van der Waals surface area contributed by atoms with Crippen LogP contribution in [0.2, 0.25) is 0 Å². The summed E-state index contributed by atoms with van der Waals surface area (Å²) in [6.07, 6.45) is 12.5. The van der Waals surface area contributed by atoms with Crippen molar-refractivity contribution in [3.63, 3.8) is 0 Å². The quantitative estimate of drug-likeness (QED) is 0.683. The van der Waals surface area contributed by atoms with Gasteiger partial charge in [0.25, 0.3) is 0 Å². The van der Waals surface area contributed by atoms with Gasteiger partial charge in [0.15, 0.2) is 0 Å². The number of rotatable bonds is 7. The molecule has 0 radical (unpaired) electrons. The third-order valence-electron chi connectivity index (χ3n) is 3.69. The lowest BCUT2D eigenvalue weighted by Gasteiger charge is -2.25. The molecule has 1 rings (SSSR count). The van der Waals surface area contributed by atoms with Gasteiger partial charge in [0.1, 0.15) is 0 Å². The highest BCUT2D eigenvalue weighted by Crippen LogP contribution is 2.32. The maximum Gasteiger partial charge on any atom is 0.0431 e. The van der Waals surface area contributed by atoms with Gasteiger partial charge in [-0.05, 0) is 57.6 Å². The Bertz CT molecular complexity index is 319. The van der Waals surface area contributed by atoms with Crippen molar-refractivity contribution in [3.8, 4) is 0 Å². The van der Waals surface area contributed by atoms with Crippen molar-refractivity contribution in [1.29, 1.82) is 0 Å². The average molecular weight is 279 g/mol. The molecule has 2 atom stereocenters. The van der Waals surface area contributed by atoms with E-state index in [1.807, 2.05) is 32.9 Å². The Labute approximate surface area is 125 Å². The van der Waals surface area contributed by atoms with Crippen molar-refractivity contribution in [2.45, 2.75) is 58.9 Å². The first-order valence-electron chi connectivity index (χ1n) is 7.93. The van der Waals surface area contributed by atoms with Crippen LogP contribution in [0.3, 0.4) is 0 Å². The molecule has 0 bridgehead atoms. The Hall–Kier alpha value is -0.860. The van der Waals surface area contributed by atoms with E-state index in [1.54, 1.807) is 0 Å². The largest absolute Gasteiger partial charge is 0.396 e. The average Bonchev–Trinajstić information content (AvgIpc) is 2.85. The predicted molar refractivity (Wildman–Crippen MR) is 89.9 cm³/mol. The zero-order valence-corrected chi connectivity index (χ0v) is 13.8. The monoisotopic (exact) mass is 279 g/mol. The van der Waals surface area contributed by atoms with Gasteiger partial charge in [-0.15, -0.1) is 0 Å². The van der Waals surface area contributed by atoms with E-state index in [0.717, 1.165) is 25.8 Å². The minimum Gasteiger partial charge on any atom is -0.396 e. The van der Waals surface area contributed by atoms with Crippen molar-refractivity contribution in [2.24, 2.45) is 5.92 Å². The summed E-state index contributed by atoms with van der Waals surface area (Å²) < 4.78 is 0. The Morgan fingerprint density at radius 1 is 1.45 bits per heavy atom. The maximum absolute atomic E-state index is 8.89. The summed E-state index contributed by atoms with van der Waals surface area (Å²) in [4.78, 5) is 0. The molecule has 0 spiro atoms. The van der Waals surface area contributed by atoms with E-state index >= 15 is 0 Å². The molecule has 2 heteroatoms. The molecule has 1 heterocycles. The molecule has 2 nitrogen and oxygen atoms in total. The maximum atomic E-state index is 8.89. The molecule has 1 aliphatic rings. The van der Waals surface area contributed by atoms with Crippen LogP contribution < -0.4 is 5.32 Å². The highest BCUT2D eigenvalue weighted by atomic mass is 16.2. The van der Waals surface area contributed by atoms with Crippen molar-refractivity contribution in [2.75, 3.05) is 13.2 Å². The summed E-state index contributed by atoms with van der Waals surface area (Å²) in [5.41, 5.74) is 1.47. The number of aliphatic hydroxyl groups excluding tert-OH is 1. The zero-order chi connectivity index (χ0) is 15.4. The second-order valence-electron chi connectivity index (χ2n) is 5.53. The van der Waals surface area contributed by atoms with Gasteiger partial charge < -0.3 is 10.4 Å². The van der Waals surface area contributed by atoms with Crippen LogP contribution in [0, 0.1) is 5.92 Å². The third-order valence-corrected chi connectivity index (χ3v) is 3.69. The molecule has 1 saturated heterocycles. The van der Waals surface area contributed by atoms with Gasteiger partial charge in [-0.25, -0.2) is 0 Å². The molecule has 0 aliphatic carbocycles. The fourth-order valence-electron chi connectivity index (χ4n) is 2.76. The van der Waals surface area contributed by atoms with E-state index in [0.29, 0.717) is 12.5 Å². The summed E-state index contributed by atoms with van der Waals surface area (Å²) >= 11 is 0. The van der Waals surface area contributed by atoms with Gasteiger partial charge in [-0.1, -0.05) is 44.7 Å². The molecular weight excluding hydrogens is 246 g/mol. The second-order valence-corrected chi connectivity index (χ2v) is 5.53. The zero-order valence-electron chi connectivity index (χ0n) is 13.8. The van der Waals surface area contributed by atoms with E-state index < -0.39 is 0 Å². The summed E-state index contributed by atoms with van der Waals surface area (Å²) in [6, 6.07) is 0. The van der Waals surface area contributed by atoms with Gasteiger partial charge in [-0.3, -0.25) is 0 Å². The number of aliphatic hydroxyl groups is 1. The molecule has 0 aromatic heterocycles. The van der Waals surface area contributed by atoms with Gasteiger partial charge in [0.2, 0.25) is 0 Å². The SMILES string of the molecule is C=C/C(=C\C=C/C)CC1(C)CC(CCCO)CN1.CC. The van der Waals surface area contributed by atoms with Crippen LogP contribution in [0.15, 0.2) is 36.5 Å². The number of nitrogens with one attached hydrogen (secondary N) is 1. The van der Waals surface area contributed by atoms with Crippen molar-refractivity contribution in [1.82, 2.24) is 5.32 Å². The minimum atomic E-state index is 0.182. The Morgan fingerprint density at radius 3 is 2.70 bits per heavy atom. The Morgan fingerprint density at radius 2 is 2.15 bits per heavy atom. The summed E-state index contributed by atoms with van der Waals surface area (Å²) in [5, 5.41) is 12.5. The molecule has 0 aromatic carbocycles. The summed E-state index contributed by atoms with van der Waals surface area (Å²) in [7, 11) is 0. The number of hydrogen-bond donors (Lipinski definition) is 2. The van der Waals surface area contributed by atoms with Crippen LogP contribution in [0.5, 0.6) is 0 Å². The van der Waals surface area contributed by atoms with Gasteiger partial charge >= 0.3 is 0 Å². The van der Waals surface area contributed by atoms with Gasteiger partial charge in [-0.2, -0.15) is 0 Å². The van der Waals surface area contributed by atoms with Crippen molar-refractivity contribution in [3.05, 3.63) is 36.5 Å². The predicted octanol–water partition coefficient (Wildman–Crippen LogP) is 4.23. The highest BCUT2D eigenvalue weighted by molar-refractivity contribution is 5.24. The lowest BCUT2D eigenvalue weighted by Crippen LogP contribution is -2.36. The molecule has 1 fully saturated rings. The summed E-state index contributed by atoms with van der Waals surface area (Å²) in [5.74, 6) is 0.704.